The molecule has 0 amide bonds. The van der Waals surface area contributed by atoms with Crippen LogP contribution in [0.5, 0.6) is 5.75 Å². The molecular formula is C32H31F2N3O2. The second-order valence-corrected chi connectivity index (χ2v) is 10.9. The fraction of sp³-hybridized carbons (Fsp3) is 0.344. The van der Waals surface area contributed by atoms with Gasteiger partial charge in [0.05, 0.1) is 23.4 Å². The Labute approximate surface area is 226 Å². The summed E-state index contributed by atoms with van der Waals surface area (Å²) in [7, 11) is 0. The van der Waals surface area contributed by atoms with Crippen molar-refractivity contribution in [2.24, 2.45) is 0 Å². The molecule has 1 saturated carbocycles. The number of hydrogen-bond acceptors (Lipinski definition) is 5. The molecule has 1 N–H and O–H groups in total. The van der Waals surface area contributed by atoms with E-state index < -0.39 is 23.9 Å². The number of alkyl halides is 2. The van der Waals surface area contributed by atoms with E-state index in [2.05, 4.69) is 14.8 Å². The third-order valence-corrected chi connectivity index (χ3v) is 8.58. The topological polar surface area (TPSA) is 48.8 Å². The SMILES string of the molecule is OC(COc1cccc2ncccc12)CN1CCN(C2c3ccccc3[C@@H]3[C@H](c4ccccc42)C3(F)F)CC1. The smallest absolute Gasteiger partial charge is 0.263 e. The normalized spacial score (nSPS) is 24.7. The highest BCUT2D eigenvalue weighted by molar-refractivity contribution is 5.84. The number of benzene rings is 3. The summed E-state index contributed by atoms with van der Waals surface area (Å²) in [5, 5.41) is 11.7. The number of fused-ring (bicyclic) bond motifs is 6. The first kappa shape index (κ1) is 24.6. The molecule has 2 aliphatic carbocycles. The number of ether oxygens (including phenoxy) is 1. The van der Waals surface area contributed by atoms with Crippen LogP contribution < -0.4 is 4.74 Å². The lowest BCUT2D eigenvalue weighted by molar-refractivity contribution is 0.0400. The van der Waals surface area contributed by atoms with Crippen LogP contribution in [0.3, 0.4) is 0 Å². The molecule has 1 aromatic heterocycles. The van der Waals surface area contributed by atoms with Gasteiger partial charge in [0.1, 0.15) is 18.5 Å². The van der Waals surface area contributed by atoms with Gasteiger partial charge in [-0.25, -0.2) is 8.78 Å². The Balaban J connectivity index is 1.04. The first-order chi connectivity index (χ1) is 19.0. The molecule has 2 fully saturated rings. The zero-order valence-corrected chi connectivity index (χ0v) is 21.6. The summed E-state index contributed by atoms with van der Waals surface area (Å²) in [6.45, 7) is 3.89. The Kier molecular flexibility index (Phi) is 6.10. The number of hydrogen-bond donors (Lipinski definition) is 1. The first-order valence-corrected chi connectivity index (χ1v) is 13.7. The van der Waals surface area contributed by atoms with Gasteiger partial charge in [0.15, 0.2) is 0 Å². The Morgan fingerprint density at radius 1 is 0.821 bits per heavy atom. The number of β-amino-alcohol motifs (C(OH)–C–C–N with tert-alkyl or cyclic N) is 1. The summed E-state index contributed by atoms with van der Waals surface area (Å²) in [5.41, 5.74) is 4.44. The second kappa shape index (κ2) is 9.66. The fourth-order valence-corrected chi connectivity index (χ4v) is 6.69. The van der Waals surface area contributed by atoms with Gasteiger partial charge in [-0.1, -0.05) is 54.6 Å². The van der Waals surface area contributed by atoms with E-state index in [1.807, 2.05) is 78.9 Å². The molecule has 200 valence electrons. The summed E-state index contributed by atoms with van der Waals surface area (Å²) < 4.78 is 35.9. The summed E-state index contributed by atoms with van der Waals surface area (Å²) in [5.74, 6) is -3.46. The maximum absolute atomic E-state index is 15.0. The van der Waals surface area contributed by atoms with Gasteiger partial charge in [-0.3, -0.25) is 14.8 Å². The van der Waals surface area contributed by atoms with Crippen molar-refractivity contribution in [2.75, 3.05) is 39.3 Å². The monoisotopic (exact) mass is 527 g/mol. The molecule has 5 nitrogen and oxygen atoms in total. The van der Waals surface area contributed by atoms with Crippen molar-refractivity contribution in [3.63, 3.8) is 0 Å². The number of aliphatic hydroxyl groups is 1. The minimum Gasteiger partial charge on any atom is -0.490 e. The van der Waals surface area contributed by atoms with Crippen LogP contribution in [0.4, 0.5) is 8.78 Å². The van der Waals surface area contributed by atoms with E-state index in [9.17, 15) is 13.9 Å². The number of aromatic nitrogens is 1. The van der Waals surface area contributed by atoms with Gasteiger partial charge in [-0.15, -0.1) is 0 Å². The Morgan fingerprint density at radius 2 is 1.46 bits per heavy atom. The molecule has 7 heteroatoms. The van der Waals surface area contributed by atoms with Crippen molar-refractivity contribution in [1.29, 1.82) is 0 Å². The van der Waals surface area contributed by atoms with Crippen LogP contribution >= 0.6 is 0 Å². The quantitative estimate of drug-likeness (QED) is 0.373. The Bertz CT molecular complexity index is 1440. The Morgan fingerprint density at radius 3 is 2.13 bits per heavy atom. The lowest BCUT2D eigenvalue weighted by atomic mass is 9.90. The van der Waals surface area contributed by atoms with Crippen LogP contribution in [0, 0.1) is 0 Å². The number of piperazine rings is 1. The van der Waals surface area contributed by atoms with Crippen molar-refractivity contribution >= 4 is 10.9 Å². The predicted octanol–water partition coefficient (Wildman–Crippen LogP) is 5.21. The molecular weight excluding hydrogens is 496 g/mol. The van der Waals surface area contributed by atoms with E-state index in [1.165, 1.54) is 0 Å². The van der Waals surface area contributed by atoms with Crippen LogP contribution in [0.2, 0.25) is 0 Å². The number of nitrogens with zero attached hydrogens (tertiary/aromatic N) is 3. The zero-order chi connectivity index (χ0) is 26.6. The molecule has 1 aliphatic heterocycles. The molecule has 1 saturated heterocycles. The molecule has 2 heterocycles. The highest BCUT2D eigenvalue weighted by Crippen LogP contribution is 2.70. The van der Waals surface area contributed by atoms with Crippen LogP contribution in [0.25, 0.3) is 10.9 Å². The van der Waals surface area contributed by atoms with E-state index >= 15 is 0 Å². The molecule has 0 spiro atoms. The van der Waals surface area contributed by atoms with E-state index in [0.29, 0.717) is 6.54 Å². The van der Waals surface area contributed by atoms with Gasteiger partial charge in [0.25, 0.3) is 5.92 Å². The van der Waals surface area contributed by atoms with Crippen LogP contribution in [0.1, 0.15) is 40.1 Å². The third kappa shape index (κ3) is 4.29. The van der Waals surface area contributed by atoms with E-state index in [-0.39, 0.29) is 12.6 Å². The summed E-state index contributed by atoms with van der Waals surface area (Å²) in [4.78, 5) is 9.04. The number of aliphatic hydroxyl groups excluding tert-OH is 1. The van der Waals surface area contributed by atoms with E-state index in [4.69, 9.17) is 4.74 Å². The molecule has 39 heavy (non-hydrogen) atoms. The lowest BCUT2D eigenvalue weighted by Gasteiger charge is -2.41. The largest absolute Gasteiger partial charge is 0.490 e. The van der Waals surface area contributed by atoms with Crippen LogP contribution in [-0.4, -0.2) is 71.2 Å². The average Bonchev–Trinajstić information content (AvgIpc) is 3.58. The Hall–Kier alpha value is -3.39. The summed E-state index contributed by atoms with van der Waals surface area (Å²) in [6, 6.07) is 25.1. The maximum Gasteiger partial charge on any atom is 0.263 e. The first-order valence-electron chi connectivity index (χ1n) is 13.7. The lowest BCUT2D eigenvalue weighted by Crippen LogP contribution is -2.50. The van der Waals surface area contributed by atoms with Crippen LogP contribution in [0.15, 0.2) is 85.1 Å². The van der Waals surface area contributed by atoms with E-state index in [1.54, 1.807) is 6.20 Å². The predicted molar refractivity (Wildman–Crippen MR) is 146 cm³/mol. The summed E-state index contributed by atoms with van der Waals surface area (Å²) >= 11 is 0. The van der Waals surface area contributed by atoms with Gasteiger partial charge in [0.2, 0.25) is 0 Å². The number of rotatable bonds is 6. The molecule has 4 aromatic rings. The van der Waals surface area contributed by atoms with Gasteiger partial charge in [-0.2, -0.15) is 0 Å². The number of pyridine rings is 1. The van der Waals surface area contributed by atoms with Gasteiger partial charge < -0.3 is 9.84 Å². The average molecular weight is 528 g/mol. The number of halogens is 2. The molecule has 3 aromatic carbocycles. The zero-order valence-electron chi connectivity index (χ0n) is 21.6. The molecule has 0 bridgehead atoms. The van der Waals surface area contributed by atoms with Gasteiger partial charge in [-0.05, 0) is 46.5 Å². The van der Waals surface area contributed by atoms with Crippen molar-refractivity contribution < 1.29 is 18.6 Å². The van der Waals surface area contributed by atoms with Crippen LogP contribution in [-0.2, 0) is 0 Å². The minimum atomic E-state index is -2.70. The minimum absolute atomic E-state index is 0.0450. The summed E-state index contributed by atoms with van der Waals surface area (Å²) in [6.07, 6.45) is 1.13. The highest BCUT2D eigenvalue weighted by atomic mass is 19.3. The molecule has 2 unspecified atom stereocenters. The van der Waals surface area contributed by atoms with E-state index in [0.717, 1.165) is 65.1 Å². The van der Waals surface area contributed by atoms with Crippen molar-refractivity contribution in [1.82, 2.24) is 14.8 Å². The molecule has 0 radical (unpaired) electrons. The standard InChI is InChI=1S/C32H31F2N3O2/c33-32(34)29-22-7-1-3-9-24(22)31(25-10-4-2-8-23(25)30(29)32)37-17-15-36(16-18-37)19-21(38)20-39-28-13-5-12-27-26(28)11-6-14-35-27/h1-14,21,29-31,38H,15-20H2/t21?,29-,30+,31?. The van der Waals surface area contributed by atoms with Gasteiger partial charge >= 0.3 is 0 Å². The molecule has 7 rings (SSSR count). The maximum atomic E-state index is 15.0. The third-order valence-electron chi connectivity index (χ3n) is 8.58. The molecule has 3 aliphatic rings. The highest BCUT2D eigenvalue weighted by Gasteiger charge is 2.71. The van der Waals surface area contributed by atoms with Crippen molar-refractivity contribution in [2.45, 2.75) is 29.9 Å². The van der Waals surface area contributed by atoms with Crippen molar-refractivity contribution in [3.05, 3.63) is 107 Å². The fourth-order valence-electron chi connectivity index (χ4n) is 6.69. The van der Waals surface area contributed by atoms with Gasteiger partial charge in [0, 0.05) is 44.3 Å². The second-order valence-electron chi connectivity index (χ2n) is 10.9. The molecule has 4 atom stereocenters. The van der Waals surface area contributed by atoms with Crippen molar-refractivity contribution in [3.8, 4) is 5.75 Å².